The Morgan fingerprint density at radius 3 is 2.48 bits per heavy atom. The Morgan fingerprint density at radius 2 is 1.84 bits per heavy atom. The number of carbonyl (C=O) groups is 1. The molecule has 3 aliphatic rings. The van der Waals surface area contributed by atoms with Crippen LogP contribution in [0.25, 0.3) is 0 Å². The van der Waals surface area contributed by atoms with Crippen molar-refractivity contribution in [3.63, 3.8) is 0 Å². The molecule has 0 aromatic rings. The second kappa shape index (κ2) is 8.56. The summed E-state index contributed by atoms with van der Waals surface area (Å²) >= 11 is 0. The molecule has 0 aromatic heterocycles. The summed E-state index contributed by atoms with van der Waals surface area (Å²) in [7, 11) is 0. The van der Waals surface area contributed by atoms with Gasteiger partial charge in [-0.3, -0.25) is 4.79 Å². The van der Waals surface area contributed by atoms with Crippen LogP contribution < -0.4 is 0 Å². The average molecular weight is 346 g/mol. The van der Waals surface area contributed by atoms with Gasteiger partial charge in [0.25, 0.3) is 0 Å². The fourth-order valence-electron chi connectivity index (χ4n) is 6.53. The van der Waals surface area contributed by atoms with E-state index < -0.39 is 5.97 Å². The highest BCUT2D eigenvalue weighted by Crippen LogP contribution is 2.55. The van der Waals surface area contributed by atoms with Crippen molar-refractivity contribution in [2.75, 3.05) is 0 Å². The van der Waals surface area contributed by atoms with E-state index in [-0.39, 0.29) is 11.8 Å². The Morgan fingerprint density at radius 1 is 1.08 bits per heavy atom. The zero-order valence-corrected chi connectivity index (χ0v) is 15.8. The van der Waals surface area contributed by atoms with Crippen LogP contribution in [0, 0.1) is 52.8 Å². The first-order valence-electron chi connectivity index (χ1n) is 10.8. The van der Waals surface area contributed by atoms with Crippen molar-refractivity contribution in [1.82, 2.24) is 0 Å². The van der Waals surface area contributed by atoms with Crippen molar-refractivity contribution in [2.24, 2.45) is 41.4 Å². The van der Waals surface area contributed by atoms with E-state index in [1.54, 1.807) is 0 Å². The number of unbranched alkanes of at least 4 members (excludes halogenated alkanes) is 1. The molecule has 6 atom stereocenters. The average Bonchev–Trinajstić information content (AvgIpc) is 2.65. The predicted octanol–water partition coefficient (Wildman–Crippen LogP) is 5.65. The number of fused-ring (bicyclic) bond motifs is 1. The maximum atomic E-state index is 12.0. The van der Waals surface area contributed by atoms with Gasteiger partial charge in [0, 0.05) is 0 Å². The molecule has 0 aromatic carbocycles. The Balaban J connectivity index is 1.80. The quantitative estimate of drug-likeness (QED) is 0.700. The van der Waals surface area contributed by atoms with Crippen molar-refractivity contribution in [3.8, 4) is 6.07 Å². The van der Waals surface area contributed by atoms with Crippen molar-refractivity contribution in [1.29, 1.82) is 5.26 Å². The molecule has 0 amide bonds. The van der Waals surface area contributed by atoms with Gasteiger partial charge >= 0.3 is 5.97 Å². The van der Waals surface area contributed by atoms with Crippen LogP contribution in [0.15, 0.2) is 0 Å². The van der Waals surface area contributed by atoms with Crippen LogP contribution in [0.4, 0.5) is 0 Å². The molecule has 0 aliphatic heterocycles. The third kappa shape index (κ3) is 4.04. The highest BCUT2D eigenvalue weighted by Gasteiger charge is 2.51. The summed E-state index contributed by atoms with van der Waals surface area (Å²) < 4.78 is 0. The molecular formula is C22H35NO2. The summed E-state index contributed by atoms with van der Waals surface area (Å²) in [4.78, 5) is 12.0. The van der Waals surface area contributed by atoms with Crippen molar-refractivity contribution in [3.05, 3.63) is 0 Å². The highest BCUT2D eigenvalue weighted by molar-refractivity contribution is 5.70. The van der Waals surface area contributed by atoms with Gasteiger partial charge in [-0.25, -0.2) is 0 Å². The molecule has 3 fully saturated rings. The zero-order chi connectivity index (χ0) is 17.8. The lowest BCUT2D eigenvalue weighted by molar-refractivity contribution is -0.152. The lowest BCUT2D eigenvalue weighted by Crippen LogP contribution is -2.48. The molecular weight excluding hydrogens is 310 g/mol. The maximum Gasteiger partial charge on any atom is 0.306 e. The number of carboxylic acid groups (broad SMARTS) is 1. The molecule has 3 rings (SSSR count). The van der Waals surface area contributed by atoms with E-state index in [1.807, 2.05) is 0 Å². The molecule has 140 valence electrons. The summed E-state index contributed by atoms with van der Waals surface area (Å²) in [5.41, 5.74) is 0. The molecule has 0 heterocycles. The first-order chi connectivity index (χ1) is 12.2. The van der Waals surface area contributed by atoms with Crippen LogP contribution >= 0.6 is 0 Å². The second-order valence-corrected chi connectivity index (χ2v) is 9.04. The SMILES string of the molecule is CCCCC1CCC2C(C1)C(C#N)CC(C(=O)O)C2C1CCCCC1. The van der Waals surface area contributed by atoms with Gasteiger partial charge in [0.1, 0.15) is 0 Å². The first-order valence-corrected chi connectivity index (χ1v) is 10.8. The number of hydrogen-bond donors (Lipinski definition) is 1. The number of aliphatic carboxylic acids is 1. The Bertz CT molecular complexity index is 491. The molecule has 0 spiro atoms. The van der Waals surface area contributed by atoms with Gasteiger partial charge < -0.3 is 5.11 Å². The highest BCUT2D eigenvalue weighted by atomic mass is 16.4. The van der Waals surface area contributed by atoms with Gasteiger partial charge in [0.05, 0.1) is 17.9 Å². The summed E-state index contributed by atoms with van der Waals surface area (Å²) in [6.45, 7) is 2.25. The summed E-state index contributed by atoms with van der Waals surface area (Å²) in [6.07, 6.45) is 14.3. The summed E-state index contributed by atoms with van der Waals surface area (Å²) in [6, 6.07) is 2.52. The lowest BCUT2D eigenvalue weighted by Gasteiger charge is -2.51. The van der Waals surface area contributed by atoms with Gasteiger partial charge in [-0.15, -0.1) is 0 Å². The Kier molecular flexibility index (Phi) is 6.42. The minimum Gasteiger partial charge on any atom is -0.481 e. The predicted molar refractivity (Wildman–Crippen MR) is 98.8 cm³/mol. The monoisotopic (exact) mass is 345 g/mol. The minimum atomic E-state index is -0.637. The lowest BCUT2D eigenvalue weighted by atomic mass is 9.52. The molecule has 0 bridgehead atoms. The maximum absolute atomic E-state index is 12.0. The number of nitriles is 1. The molecule has 25 heavy (non-hydrogen) atoms. The van der Waals surface area contributed by atoms with Gasteiger partial charge in [-0.05, 0) is 48.9 Å². The van der Waals surface area contributed by atoms with Crippen LogP contribution in [-0.4, -0.2) is 11.1 Å². The van der Waals surface area contributed by atoms with Crippen molar-refractivity contribution < 1.29 is 9.90 Å². The van der Waals surface area contributed by atoms with Gasteiger partial charge in [-0.1, -0.05) is 64.7 Å². The fraction of sp³-hybridized carbons (Fsp3) is 0.909. The van der Waals surface area contributed by atoms with Crippen molar-refractivity contribution in [2.45, 2.75) is 84.0 Å². The standard InChI is InChI=1S/C22H35NO2/c1-2-3-7-15-10-11-18-19(12-15)17(14-23)13-20(22(24)25)21(18)16-8-5-4-6-9-16/h15-21H,2-13H2,1H3,(H,24,25). The molecule has 3 saturated carbocycles. The fourth-order valence-corrected chi connectivity index (χ4v) is 6.53. The van der Waals surface area contributed by atoms with Gasteiger partial charge in [0.2, 0.25) is 0 Å². The van der Waals surface area contributed by atoms with E-state index in [9.17, 15) is 15.2 Å². The largest absolute Gasteiger partial charge is 0.481 e. The van der Waals surface area contributed by atoms with Crippen LogP contribution in [-0.2, 0) is 4.79 Å². The van der Waals surface area contributed by atoms with Gasteiger partial charge in [0.15, 0.2) is 0 Å². The smallest absolute Gasteiger partial charge is 0.306 e. The van der Waals surface area contributed by atoms with E-state index >= 15 is 0 Å². The summed E-state index contributed by atoms with van der Waals surface area (Å²) in [5.74, 6) is 1.70. The second-order valence-electron chi connectivity index (χ2n) is 9.04. The van der Waals surface area contributed by atoms with Crippen molar-refractivity contribution >= 4 is 5.97 Å². The normalized spacial score (nSPS) is 39.4. The van der Waals surface area contributed by atoms with Crippen LogP contribution in [0.3, 0.4) is 0 Å². The van der Waals surface area contributed by atoms with Crippen LogP contribution in [0.1, 0.15) is 84.0 Å². The molecule has 6 unspecified atom stereocenters. The first kappa shape index (κ1) is 18.7. The van der Waals surface area contributed by atoms with E-state index in [4.69, 9.17) is 0 Å². The molecule has 0 saturated heterocycles. The van der Waals surface area contributed by atoms with E-state index in [2.05, 4.69) is 13.0 Å². The number of nitrogens with zero attached hydrogens (tertiary/aromatic N) is 1. The molecule has 3 heteroatoms. The molecule has 3 aliphatic carbocycles. The Hall–Kier alpha value is -1.04. The number of rotatable bonds is 5. The third-order valence-electron chi connectivity index (χ3n) is 7.69. The summed E-state index contributed by atoms with van der Waals surface area (Å²) in [5, 5.41) is 19.6. The minimum absolute atomic E-state index is 0.0321. The zero-order valence-electron chi connectivity index (χ0n) is 15.8. The third-order valence-corrected chi connectivity index (χ3v) is 7.69. The molecule has 3 nitrogen and oxygen atoms in total. The van der Waals surface area contributed by atoms with E-state index in [0.29, 0.717) is 30.1 Å². The topological polar surface area (TPSA) is 61.1 Å². The van der Waals surface area contributed by atoms with Crippen LogP contribution in [0.2, 0.25) is 0 Å². The molecule has 0 radical (unpaired) electrons. The van der Waals surface area contributed by atoms with Crippen LogP contribution in [0.5, 0.6) is 0 Å². The number of hydrogen-bond acceptors (Lipinski definition) is 2. The van der Waals surface area contributed by atoms with E-state index in [0.717, 1.165) is 5.92 Å². The van der Waals surface area contributed by atoms with E-state index in [1.165, 1.54) is 70.6 Å². The molecule has 1 N–H and O–H groups in total. The van der Waals surface area contributed by atoms with Gasteiger partial charge in [-0.2, -0.15) is 5.26 Å². The number of carboxylic acids is 1. The Labute approximate surface area is 153 Å².